The zero-order valence-electron chi connectivity index (χ0n) is 20.2. The largest absolute Gasteiger partial charge is 0.355 e. The van der Waals surface area contributed by atoms with Gasteiger partial charge in [0.25, 0.3) is 5.91 Å². The van der Waals surface area contributed by atoms with Gasteiger partial charge in [-0.1, -0.05) is 0 Å². The monoisotopic (exact) mass is 517 g/mol. The maximum atomic E-state index is 13.7. The van der Waals surface area contributed by atoms with Gasteiger partial charge in [0.2, 0.25) is 10.0 Å². The lowest BCUT2D eigenvalue weighted by Crippen LogP contribution is -2.38. The highest BCUT2D eigenvalue weighted by Gasteiger charge is 2.33. The first-order chi connectivity index (χ1) is 16.6. The lowest BCUT2D eigenvalue weighted by Gasteiger charge is -2.34. The number of amides is 1. The van der Waals surface area contributed by atoms with Crippen LogP contribution in [0.3, 0.4) is 0 Å². The van der Waals surface area contributed by atoms with E-state index in [4.69, 9.17) is 15.8 Å². The molecule has 0 saturated carbocycles. The highest BCUT2D eigenvalue weighted by atomic mass is 32.2. The van der Waals surface area contributed by atoms with Crippen molar-refractivity contribution in [2.24, 2.45) is 5.73 Å². The molecule has 2 unspecified atom stereocenters. The maximum Gasteiger partial charge on any atom is 0.266 e. The number of likely N-dealkylation sites (tertiary alicyclic amines) is 1. The van der Waals surface area contributed by atoms with Gasteiger partial charge in [0.1, 0.15) is 10.7 Å². The fourth-order valence-corrected chi connectivity index (χ4v) is 6.59. The average Bonchev–Trinajstić information content (AvgIpc) is 3.49. The molecule has 12 heteroatoms. The van der Waals surface area contributed by atoms with Gasteiger partial charge in [-0.15, -0.1) is 11.3 Å². The molecule has 5 rings (SSSR count). The Kier molecular flexibility index (Phi) is 6.22. The van der Waals surface area contributed by atoms with Crippen LogP contribution in [-0.4, -0.2) is 65.8 Å². The number of carbonyl (C=O) groups is 1. The molecule has 3 N–H and O–H groups in total. The average molecular weight is 518 g/mol. The summed E-state index contributed by atoms with van der Waals surface area (Å²) in [6, 6.07) is 3.64. The van der Waals surface area contributed by atoms with Crippen LogP contribution in [0, 0.1) is 13.8 Å². The van der Waals surface area contributed by atoms with Crippen molar-refractivity contribution in [1.29, 1.82) is 0 Å². The molecule has 2 aliphatic rings. The molecule has 2 atom stereocenters. The van der Waals surface area contributed by atoms with Crippen LogP contribution in [0.15, 0.2) is 18.3 Å². The highest BCUT2D eigenvalue weighted by Crippen LogP contribution is 2.36. The zero-order valence-corrected chi connectivity index (χ0v) is 21.8. The Hall–Kier alpha value is -2.70. The number of nitrogens with two attached hydrogens (primary N) is 1. The molecular weight excluding hydrogens is 486 g/mol. The number of nitrogens with one attached hydrogen (secondary N) is 1. The molecule has 2 saturated heterocycles. The molecule has 3 aromatic rings. The molecule has 10 nitrogen and oxygen atoms in total. The van der Waals surface area contributed by atoms with Crippen LogP contribution in [0.4, 0.5) is 11.5 Å². The Bertz CT molecular complexity index is 1380. The number of rotatable bonds is 5. The van der Waals surface area contributed by atoms with Crippen molar-refractivity contribution in [3.63, 3.8) is 0 Å². The third-order valence-corrected chi connectivity index (χ3v) is 8.23. The SMILES string of the molecule is Cc1cc(NS(C)(=O)=O)c(C(=O)N2CCCCC2c2cc3nc(N4CCC(N)C4)c(C)cn3n2)s1. The molecule has 5 heterocycles. The van der Waals surface area contributed by atoms with E-state index in [9.17, 15) is 13.2 Å². The fraction of sp³-hybridized carbons (Fsp3) is 0.522. The standard InChI is InChI=1S/C23H31N7O3S2/c1-14-12-30-20(25-22(14)28-9-7-16(24)13-28)11-17(26-30)19-6-4-5-8-29(19)23(31)21-18(10-15(2)34-21)27-35(3,32)33/h10-12,16,19,27H,4-9,13,24H2,1-3H3. The summed E-state index contributed by atoms with van der Waals surface area (Å²) in [7, 11) is -3.50. The normalized spacial score (nSPS) is 21.1. The summed E-state index contributed by atoms with van der Waals surface area (Å²) in [6.07, 6.45) is 6.70. The van der Waals surface area contributed by atoms with Crippen molar-refractivity contribution >= 4 is 44.4 Å². The first-order valence-corrected chi connectivity index (χ1v) is 14.6. The minimum absolute atomic E-state index is 0.165. The lowest BCUT2D eigenvalue weighted by molar-refractivity contribution is 0.0612. The number of piperidine rings is 1. The van der Waals surface area contributed by atoms with Crippen molar-refractivity contribution in [2.75, 3.05) is 35.5 Å². The molecule has 2 fully saturated rings. The summed E-state index contributed by atoms with van der Waals surface area (Å²) >= 11 is 1.31. The highest BCUT2D eigenvalue weighted by molar-refractivity contribution is 7.92. The summed E-state index contributed by atoms with van der Waals surface area (Å²) in [5, 5.41) is 4.80. The zero-order chi connectivity index (χ0) is 24.9. The van der Waals surface area contributed by atoms with E-state index in [1.54, 1.807) is 10.6 Å². The fourth-order valence-electron chi connectivity index (χ4n) is 5.04. The lowest BCUT2D eigenvalue weighted by atomic mass is 9.99. The molecular formula is C23H31N7O3S2. The summed E-state index contributed by atoms with van der Waals surface area (Å²) in [5.41, 5.74) is 9.01. The number of aryl methyl sites for hydroxylation is 2. The van der Waals surface area contributed by atoms with Gasteiger partial charge < -0.3 is 15.5 Å². The van der Waals surface area contributed by atoms with Crippen LogP contribution in [0.25, 0.3) is 5.65 Å². The third kappa shape index (κ3) is 4.87. The molecule has 1 amide bonds. The number of nitrogens with zero attached hydrogens (tertiary/aromatic N) is 5. The second-order valence-corrected chi connectivity index (χ2v) is 12.6. The van der Waals surface area contributed by atoms with Gasteiger partial charge >= 0.3 is 0 Å². The van der Waals surface area contributed by atoms with E-state index in [0.717, 1.165) is 72.6 Å². The van der Waals surface area contributed by atoms with Crippen LogP contribution in [0.5, 0.6) is 0 Å². The Morgan fingerprint density at radius 3 is 2.71 bits per heavy atom. The van der Waals surface area contributed by atoms with Gasteiger partial charge in [-0.2, -0.15) is 5.10 Å². The van der Waals surface area contributed by atoms with E-state index in [2.05, 4.69) is 9.62 Å². The van der Waals surface area contributed by atoms with Crippen molar-refractivity contribution in [1.82, 2.24) is 19.5 Å². The van der Waals surface area contributed by atoms with Gasteiger partial charge in [-0.3, -0.25) is 9.52 Å². The molecule has 0 spiro atoms. The quantitative estimate of drug-likeness (QED) is 0.533. The van der Waals surface area contributed by atoms with Crippen LogP contribution in [0.1, 0.15) is 57.5 Å². The van der Waals surface area contributed by atoms with Gasteiger partial charge in [-0.25, -0.2) is 17.9 Å². The molecule has 2 aliphatic heterocycles. The number of anilines is 2. The molecule has 0 aromatic carbocycles. The number of hydrogen-bond acceptors (Lipinski definition) is 8. The summed E-state index contributed by atoms with van der Waals surface area (Å²) < 4.78 is 28.0. The molecule has 0 bridgehead atoms. The first kappa shape index (κ1) is 24.0. The Labute approximate surface area is 209 Å². The summed E-state index contributed by atoms with van der Waals surface area (Å²) in [6.45, 7) is 6.17. The van der Waals surface area contributed by atoms with E-state index in [1.165, 1.54) is 11.3 Å². The Balaban J connectivity index is 1.47. The number of aromatic nitrogens is 3. The van der Waals surface area contributed by atoms with E-state index < -0.39 is 10.0 Å². The number of carbonyl (C=O) groups excluding carboxylic acids is 1. The molecule has 0 aliphatic carbocycles. The van der Waals surface area contributed by atoms with Crippen LogP contribution in [0.2, 0.25) is 0 Å². The van der Waals surface area contributed by atoms with E-state index >= 15 is 0 Å². The van der Waals surface area contributed by atoms with E-state index in [1.807, 2.05) is 31.0 Å². The Morgan fingerprint density at radius 1 is 1.20 bits per heavy atom. The van der Waals surface area contributed by atoms with E-state index in [-0.39, 0.29) is 18.0 Å². The van der Waals surface area contributed by atoms with Gasteiger partial charge in [-0.05, 0) is 45.6 Å². The predicted octanol–water partition coefficient (Wildman–Crippen LogP) is 2.68. The van der Waals surface area contributed by atoms with Crippen LogP contribution >= 0.6 is 11.3 Å². The second-order valence-electron chi connectivity index (χ2n) is 9.60. The van der Waals surface area contributed by atoms with Crippen molar-refractivity contribution in [3.8, 4) is 0 Å². The number of hydrogen-bond donors (Lipinski definition) is 2. The maximum absolute atomic E-state index is 13.7. The number of fused-ring (bicyclic) bond motifs is 1. The topological polar surface area (TPSA) is 126 Å². The second kappa shape index (κ2) is 9.07. The summed E-state index contributed by atoms with van der Waals surface area (Å²) in [4.78, 5) is 23.9. The first-order valence-electron chi connectivity index (χ1n) is 11.9. The Morgan fingerprint density at radius 2 is 2.00 bits per heavy atom. The molecule has 35 heavy (non-hydrogen) atoms. The number of thiophene rings is 1. The minimum Gasteiger partial charge on any atom is -0.355 e. The molecule has 0 radical (unpaired) electrons. The predicted molar refractivity (Wildman–Crippen MR) is 138 cm³/mol. The van der Waals surface area contributed by atoms with Crippen LogP contribution in [-0.2, 0) is 10.0 Å². The number of sulfonamides is 1. The minimum atomic E-state index is -3.50. The smallest absolute Gasteiger partial charge is 0.266 e. The van der Waals surface area contributed by atoms with Crippen molar-refractivity contribution < 1.29 is 13.2 Å². The van der Waals surface area contributed by atoms with E-state index in [0.29, 0.717) is 17.1 Å². The third-order valence-electron chi connectivity index (χ3n) is 6.60. The van der Waals surface area contributed by atoms with Gasteiger partial charge in [0.05, 0.1) is 23.7 Å². The van der Waals surface area contributed by atoms with Gasteiger partial charge in [0, 0.05) is 48.4 Å². The molecule has 188 valence electrons. The van der Waals surface area contributed by atoms with Crippen molar-refractivity contribution in [2.45, 2.75) is 51.6 Å². The van der Waals surface area contributed by atoms with Gasteiger partial charge in [0.15, 0.2) is 5.65 Å². The summed E-state index contributed by atoms with van der Waals surface area (Å²) in [5.74, 6) is 0.755. The van der Waals surface area contributed by atoms with Crippen LogP contribution < -0.4 is 15.4 Å². The molecule has 3 aromatic heterocycles. The van der Waals surface area contributed by atoms with Crippen molar-refractivity contribution in [3.05, 3.63) is 39.3 Å².